The van der Waals surface area contributed by atoms with Crippen molar-refractivity contribution in [1.82, 2.24) is 10.6 Å². The third-order valence-corrected chi connectivity index (χ3v) is 7.23. The second-order valence-electron chi connectivity index (χ2n) is 5.79. The van der Waals surface area contributed by atoms with Crippen LogP contribution in [0.5, 0.6) is 0 Å². The van der Waals surface area contributed by atoms with Crippen LogP contribution >= 0.6 is 23.5 Å². The number of rotatable bonds is 9. The van der Waals surface area contributed by atoms with Gasteiger partial charge in [-0.05, 0) is 0 Å². The maximum absolute atomic E-state index is 11.9. The van der Waals surface area contributed by atoms with E-state index >= 15 is 0 Å². The summed E-state index contributed by atoms with van der Waals surface area (Å²) >= 11 is 0. The van der Waals surface area contributed by atoms with E-state index in [1.165, 1.54) is 0 Å². The third-order valence-electron chi connectivity index (χ3n) is 3.42. The Kier molecular flexibility index (Phi) is 7.70. The van der Waals surface area contributed by atoms with Crippen molar-refractivity contribution in [3.05, 3.63) is 0 Å². The van der Waals surface area contributed by atoms with Crippen LogP contribution in [0.15, 0.2) is 9.98 Å². The van der Waals surface area contributed by atoms with Gasteiger partial charge in [-0.15, -0.1) is 0 Å². The molecule has 30 heavy (non-hydrogen) atoms. The lowest BCUT2D eigenvalue weighted by molar-refractivity contribution is -0.122. The molecule has 0 aromatic rings. The van der Waals surface area contributed by atoms with Gasteiger partial charge in [-0.2, -0.15) is 8.62 Å². The Labute approximate surface area is 167 Å². The van der Waals surface area contributed by atoms with Crippen molar-refractivity contribution in [1.29, 1.82) is 0 Å². The maximum Gasteiger partial charge on any atom is 0.490 e. The van der Waals surface area contributed by atoms with Gasteiger partial charge in [-0.25, -0.2) is 18.7 Å². The lowest BCUT2D eigenvalue weighted by atomic mass is 10.0. The van der Waals surface area contributed by atoms with Gasteiger partial charge in [-0.3, -0.25) is 24.9 Å². The van der Waals surface area contributed by atoms with Gasteiger partial charge in [0.05, 0.1) is 12.3 Å². The van der Waals surface area contributed by atoms with E-state index in [-0.39, 0.29) is 18.2 Å². The van der Waals surface area contributed by atoms with E-state index in [1.807, 2.05) is 0 Å². The first-order chi connectivity index (χ1) is 13.6. The van der Waals surface area contributed by atoms with Crippen LogP contribution < -0.4 is 16.4 Å². The van der Waals surface area contributed by atoms with Gasteiger partial charge in [0.25, 0.3) is 5.91 Å². The molecule has 2 aliphatic rings. The Bertz CT molecular complexity index is 887. The Hall–Kier alpha value is -1.10. The number of nitrogens with one attached hydrogen (secondary N) is 2. The van der Waals surface area contributed by atoms with E-state index in [0.29, 0.717) is 0 Å². The molecule has 0 saturated carbocycles. The number of hydrogen-bond donors (Lipinski definition) is 9. The van der Waals surface area contributed by atoms with Crippen LogP contribution in [0.2, 0.25) is 0 Å². The van der Waals surface area contributed by atoms with E-state index in [0.717, 1.165) is 0 Å². The van der Waals surface area contributed by atoms with Crippen LogP contribution in [0.1, 0.15) is 0 Å². The van der Waals surface area contributed by atoms with Crippen LogP contribution in [0, 0.1) is 0 Å². The minimum atomic E-state index is -5.72. The molecule has 0 aromatic heterocycles. The van der Waals surface area contributed by atoms with Gasteiger partial charge in [0, 0.05) is 6.54 Å². The predicted molar refractivity (Wildman–Crippen MR) is 94.6 cm³/mol. The van der Waals surface area contributed by atoms with Gasteiger partial charge < -0.3 is 35.5 Å². The quantitative estimate of drug-likeness (QED) is 0.138. The van der Waals surface area contributed by atoms with Crippen molar-refractivity contribution in [2.24, 2.45) is 15.7 Å². The average molecular weight is 497 g/mol. The number of aliphatic hydroxyl groups excluding tert-OH is 2. The summed E-state index contributed by atoms with van der Waals surface area (Å²) in [5.41, 5.74) is 5.26. The molecule has 2 rings (SSSR count). The van der Waals surface area contributed by atoms with Crippen molar-refractivity contribution < 1.29 is 61.4 Å². The number of guanidine groups is 1. The predicted octanol–water partition coefficient (Wildman–Crippen LogP) is -3.77. The number of nitrogens with zero attached hydrogens (tertiary/aromatic N) is 2. The van der Waals surface area contributed by atoms with Crippen LogP contribution in [0.3, 0.4) is 0 Å². The first-order valence-electron chi connectivity index (χ1n) is 7.67. The SMILES string of the molecule is NC1=NC2NCC(C(O)C(O)COP(=O)(O)OP(=O)(O)OP(=O)(O)O)=NC2C(=O)N1. The van der Waals surface area contributed by atoms with E-state index in [2.05, 4.69) is 33.8 Å². The fourth-order valence-electron chi connectivity index (χ4n) is 2.28. The Morgan fingerprint density at radius 3 is 2.33 bits per heavy atom. The Balaban J connectivity index is 1.97. The topological polar surface area (TPSA) is 292 Å². The molecule has 10 N–H and O–H groups in total. The van der Waals surface area contributed by atoms with E-state index in [1.54, 1.807) is 0 Å². The van der Waals surface area contributed by atoms with E-state index in [4.69, 9.17) is 20.4 Å². The number of phosphoric ester groups is 1. The normalized spacial score (nSPS) is 28.1. The molecule has 18 nitrogen and oxygen atoms in total. The molecule has 6 unspecified atom stereocenters. The molecular formula is C9H18N5O13P3. The van der Waals surface area contributed by atoms with E-state index < -0.39 is 60.4 Å². The second kappa shape index (κ2) is 9.18. The molecule has 2 aliphatic heterocycles. The van der Waals surface area contributed by atoms with Gasteiger partial charge in [0.2, 0.25) is 0 Å². The lowest BCUT2D eigenvalue weighted by Gasteiger charge is -2.32. The number of aliphatic hydroxyl groups is 2. The van der Waals surface area contributed by atoms with Crippen LogP contribution in [0.4, 0.5) is 0 Å². The van der Waals surface area contributed by atoms with Gasteiger partial charge in [-0.1, -0.05) is 0 Å². The number of fused-ring (bicyclic) bond motifs is 1. The number of aliphatic imine (C=N–C) groups is 2. The number of hydrogen-bond acceptors (Lipinski definition) is 13. The first-order valence-corrected chi connectivity index (χ1v) is 12.2. The Morgan fingerprint density at radius 2 is 1.73 bits per heavy atom. The number of carbonyl (C=O) groups is 1. The highest BCUT2D eigenvalue weighted by Crippen LogP contribution is 2.66. The minimum Gasteiger partial charge on any atom is -0.388 e. The summed E-state index contributed by atoms with van der Waals surface area (Å²) in [6.07, 6.45) is -4.56. The summed E-state index contributed by atoms with van der Waals surface area (Å²) in [7, 11) is -16.8. The highest BCUT2D eigenvalue weighted by atomic mass is 31.3. The molecule has 0 saturated heterocycles. The fourth-order valence-corrected chi connectivity index (χ4v) is 5.32. The molecule has 0 fully saturated rings. The minimum absolute atomic E-state index is 0.135. The highest BCUT2D eigenvalue weighted by molar-refractivity contribution is 7.66. The number of amides is 1. The molecule has 172 valence electrons. The summed E-state index contributed by atoms with van der Waals surface area (Å²) < 4.78 is 44.6. The standard InChI is InChI=1S/C9H18N5O13P3/c10-9-13-7-5(8(17)14-9)12-3(1-11-7)6(16)4(15)2-25-29(21,22)27-30(23,24)26-28(18,19)20/h4-7,11,15-16H,1-2H2,(H,21,22)(H,23,24)(H2,18,19,20)(H3,10,13,14,17). The summed E-state index contributed by atoms with van der Waals surface area (Å²) in [5.74, 6) is -0.767. The summed E-state index contributed by atoms with van der Waals surface area (Å²) in [6.45, 7) is -1.31. The first kappa shape index (κ1) is 25.2. The average Bonchev–Trinajstić information content (AvgIpc) is 2.55. The van der Waals surface area contributed by atoms with E-state index in [9.17, 15) is 33.6 Å². The molecule has 1 amide bonds. The van der Waals surface area contributed by atoms with Crippen molar-refractivity contribution in [3.63, 3.8) is 0 Å². The number of carbonyl (C=O) groups excluding carboxylic acids is 1. The summed E-state index contributed by atoms with van der Waals surface area (Å²) in [4.78, 5) is 54.9. The zero-order valence-corrected chi connectivity index (χ0v) is 17.3. The molecule has 0 aromatic carbocycles. The third kappa shape index (κ3) is 7.25. The van der Waals surface area contributed by atoms with Crippen LogP contribution in [-0.2, 0) is 31.6 Å². The molecule has 0 aliphatic carbocycles. The zero-order chi connectivity index (χ0) is 22.9. The lowest BCUT2D eigenvalue weighted by Crippen LogP contribution is -2.60. The molecule has 0 spiro atoms. The molecule has 21 heteroatoms. The second-order valence-corrected chi connectivity index (χ2v) is 10.2. The molecule has 2 heterocycles. The van der Waals surface area contributed by atoms with Crippen molar-refractivity contribution in [3.8, 4) is 0 Å². The van der Waals surface area contributed by atoms with Crippen LogP contribution in [-0.4, -0.2) is 84.9 Å². The van der Waals surface area contributed by atoms with Crippen molar-refractivity contribution in [2.45, 2.75) is 24.4 Å². The molecule has 6 atom stereocenters. The van der Waals surface area contributed by atoms with Gasteiger partial charge >= 0.3 is 23.5 Å². The Morgan fingerprint density at radius 1 is 1.10 bits per heavy atom. The van der Waals surface area contributed by atoms with Gasteiger partial charge in [0.15, 0.2) is 12.0 Å². The molecule has 0 bridgehead atoms. The smallest absolute Gasteiger partial charge is 0.388 e. The van der Waals surface area contributed by atoms with Gasteiger partial charge in [0.1, 0.15) is 18.4 Å². The molecular weight excluding hydrogens is 479 g/mol. The largest absolute Gasteiger partial charge is 0.490 e. The van der Waals surface area contributed by atoms with Crippen molar-refractivity contribution in [2.75, 3.05) is 13.2 Å². The van der Waals surface area contributed by atoms with Crippen molar-refractivity contribution >= 4 is 41.0 Å². The van der Waals surface area contributed by atoms with Crippen LogP contribution in [0.25, 0.3) is 0 Å². The highest BCUT2D eigenvalue weighted by Gasteiger charge is 2.42. The summed E-state index contributed by atoms with van der Waals surface area (Å²) in [6, 6.07) is -1.11. The fraction of sp³-hybridized carbons (Fsp3) is 0.667. The number of phosphoric acid groups is 3. The monoisotopic (exact) mass is 497 g/mol. The zero-order valence-electron chi connectivity index (χ0n) is 14.6. The number of nitrogens with two attached hydrogens (primary N) is 1. The maximum atomic E-state index is 11.9. The molecule has 0 radical (unpaired) electrons. The summed E-state index contributed by atoms with van der Waals surface area (Å²) in [5, 5.41) is 25.0.